The average molecular weight is 458 g/mol. The summed E-state index contributed by atoms with van der Waals surface area (Å²) in [6, 6.07) is 3.73. The van der Waals surface area contributed by atoms with Gasteiger partial charge >= 0.3 is 6.18 Å². The van der Waals surface area contributed by atoms with Crippen LogP contribution in [0.2, 0.25) is 0 Å². The topological polar surface area (TPSA) is 81.4 Å². The molecule has 2 bridgehead atoms. The van der Waals surface area contributed by atoms with Gasteiger partial charge in [0.25, 0.3) is 5.91 Å². The normalized spacial score (nSPS) is 22.4. The van der Waals surface area contributed by atoms with E-state index in [-0.39, 0.29) is 35.5 Å². The average Bonchev–Trinajstić information content (AvgIpc) is 3.33. The van der Waals surface area contributed by atoms with Gasteiger partial charge in [-0.15, -0.1) is 0 Å². The highest BCUT2D eigenvalue weighted by Gasteiger charge is 2.45. The first-order chi connectivity index (χ1) is 15.8. The summed E-state index contributed by atoms with van der Waals surface area (Å²) in [5, 5.41) is 0. The number of aryl methyl sites for hydroxylation is 1. The molecule has 3 atom stereocenters. The maximum Gasteiger partial charge on any atom is 0.417 e. The molecule has 1 amide bonds. The van der Waals surface area contributed by atoms with Crippen LogP contribution in [0.3, 0.4) is 0 Å². The summed E-state index contributed by atoms with van der Waals surface area (Å²) >= 11 is 0. The molecule has 3 aliphatic rings. The van der Waals surface area contributed by atoms with Crippen LogP contribution in [-0.4, -0.2) is 44.4 Å². The lowest BCUT2D eigenvalue weighted by molar-refractivity contribution is -0.137. The Kier molecular flexibility index (Phi) is 5.30. The fraction of sp³-hybridized carbons (Fsp3) is 0.391. The Bertz CT molecular complexity index is 1150. The Labute approximate surface area is 187 Å². The Hall–Kier alpha value is -3.43. The van der Waals surface area contributed by atoms with Crippen molar-refractivity contribution >= 4 is 5.91 Å². The molecule has 1 aliphatic carbocycles. The number of rotatable bonds is 4. The van der Waals surface area contributed by atoms with E-state index < -0.39 is 11.7 Å². The fourth-order valence-corrected chi connectivity index (χ4v) is 4.74. The third-order valence-electron chi connectivity index (χ3n) is 6.33. The molecule has 0 aromatic carbocycles. The molecule has 5 heterocycles. The zero-order chi connectivity index (χ0) is 23.2. The molecule has 2 saturated heterocycles. The number of carbonyl (C=O) groups is 1. The maximum atomic E-state index is 13.6. The quantitative estimate of drug-likeness (QED) is 0.572. The van der Waals surface area contributed by atoms with E-state index in [1.165, 1.54) is 18.5 Å². The van der Waals surface area contributed by atoms with Crippen molar-refractivity contribution in [3.8, 4) is 17.3 Å². The number of piperidine rings is 2. The molecule has 3 aromatic heterocycles. The highest BCUT2D eigenvalue weighted by atomic mass is 19.4. The highest BCUT2D eigenvalue weighted by Crippen LogP contribution is 2.39. The van der Waals surface area contributed by atoms with Gasteiger partial charge in [-0.2, -0.15) is 13.2 Å². The van der Waals surface area contributed by atoms with Crippen LogP contribution in [0.1, 0.15) is 40.9 Å². The van der Waals surface area contributed by atoms with Crippen molar-refractivity contribution in [2.75, 3.05) is 6.54 Å². The molecule has 0 radical (unpaired) electrons. The summed E-state index contributed by atoms with van der Waals surface area (Å²) in [6.45, 7) is 2.44. The van der Waals surface area contributed by atoms with Crippen LogP contribution in [-0.2, 0) is 6.18 Å². The van der Waals surface area contributed by atoms with Gasteiger partial charge in [0.05, 0.1) is 23.4 Å². The molecule has 0 unspecified atom stereocenters. The number of nitrogens with zero attached hydrogens (tertiary/aromatic N) is 4. The van der Waals surface area contributed by atoms with Gasteiger partial charge in [0.1, 0.15) is 18.1 Å². The summed E-state index contributed by atoms with van der Waals surface area (Å²) < 4.78 is 49.9. The largest absolute Gasteiger partial charge is 0.472 e. The molecule has 0 N–H and O–H groups in total. The lowest BCUT2D eigenvalue weighted by atomic mass is 9.77. The van der Waals surface area contributed by atoms with Crippen LogP contribution in [0, 0.1) is 12.8 Å². The molecule has 7 nitrogen and oxygen atoms in total. The smallest absolute Gasteiger partial charge is 0.417 e. The standard InChI is InChI=1S/C23H21F3N4O3/c1-13-6-7-27-20(19(13)21-28-8-9-32-21)22(31)30-12-14-2-4-16(30)17(10-14)33-18-5-3-15(11-29-18)23(24,25)26/h3,5-9,11,14,16-17H,2,4,10,12H2,1H3/t14-,16-,17+/m0/s1. The second kappa shape index (κ2) is 8.17. The van der Waals surface area contributed by atoms with Gasteiger partial charge in [-0.25, -0.2) is 9.97 Å². The summed E-state index contributed by atoms with van der Waals surface area (Å²) in [5.41, 5.74) is 0.799. The van der Waals surface area contributed by atoms with E-state index in [9.17, 15) is 18.0 Å². The zero-order valence-electron chi connectivity index (χ0n) is 17.7. The van der Waals surface area contributed by atoms with Gasteiger partial charge in [0, 0.05) is 25.0 Å². The minimum Gasteiger partial charge on any atom is -0.472 e. The number of hydrogen-bond donors (Lipinski definition) is 0. The first-order valence-electron chi connectivity index (χ1n) is 10.7. The molecular formula is C23H21F3N4O3. The van der Waals surface area contributed by atoms with Crippen molar-refractivity contribution in [1.29, 1.82) is 0 Å². The number of halogens is 3. The minimum absolute atomic E-state index is 0.113. The monoisotopic (exact) mass is 458 g/mol. The molecule has 10 heteroatoms. The predicted molar refractivity (Wildman–Crippen MR) is 110 cm³/mol. The summed E-state index contributed by atoms with van der Waals surface area (Å²) in [6.07, 6.45) is 2.89. The molecule has 3 aromatic rings. The zero-order valence-corrected chi connectivity index (χ0v) is 17.7. The number of pyridine rings is 2. The molecule has 3 fully saturated rings. The van der Waals surface area contributed by atoms with E-state index in [0.29, 0.717) is 24.4 Å². The van der Waals surface area contributed by atoms with E-state index in [4.69, 9.17) is 9.15 Å². The third-order valence-corrected chi connectivity index (χ3v) is 6.33. The van der Waals surface area contributed by atoms with Gasteiger partial charge in [0.15, 0.2) is 0 Å². The van der Waals surface area contributed by atoms with Crippen molar-refractivity contribution in [1.82, 2.24) is 19.9 Å². The van der Waals surface area contributed by atoms with E-state index >= 15 is 0 Å². The van der Waals surface area contributed by atoms with E-state index in [0.717, 1.165) is 30.7 Å². The van der Waals surface area contributed by atoms with Gasteiger partial charge < -0.3 is 14.1 Å². The van der Waals surface area contributed by atoms with Gasteiger partial charge in [-0.3, -0.25) is 9.78 Å². The molecular weight excluding hydrogens is 437 g/mol. The number of carbonyl (C=O) groups excluding carboxylic acids is 1. The maximum absolute atomic E-state index is 13.6. The summed E-state index contributed by atoms with van der Waals surface area (Å²) in [7, 11) is 0. The fourth-order valence-electron chi connectivity index (χ4n) is 4.74. The lowest BCUT2D eigenvalue weighted by Crippen LogP contribution is -2.59. The van der Waals surface area contributed by atoms with Crippen LogP contribution in [0.4, 0.5) is 13.2 Å². The first-order valence-corrected chi connectivity index (χ1v) is 10.7. The number of fused-ring (bicyclic) bond motifs is 3. The van der Waals surface area contributed by atoms with Crippen molar-refractivity contribution in [2.24, 2.45) is 5.92 Å². The Balaban J connectivity index is 1.40. The third kappa shape index (κ3) is 4.05. The van der Waals surface area contributed by atoms with Crippen molar-refractivity contribution in [3.05, 3.63) is 59.9 Å². The molecule has 6 rings (SSSR count). The highest BCUT2D eigenvalue weighted by molar-refractivity contribution is 5.99. The van der Waals surface area contributed by atoms with Crippen LogP contribution in [0.15, 0.2) is 47.5 Å². The molecule has 0 spiro atoms. The number of hydrogen-bond acceptors (Lipinski definition) is 6. The van der Waals surface area contributed by atoms with Crippen molar-refractivity contribution in [2.45, 2.75) is 44.5 Å². The van der Waals surface area contributed by atoms with Gasteiger partial charge in [-0.05, 0) is 49.8 Å². The van der Waals surface area contributed by atoms with Crippen LogP contribution < -0.4 is 4.74 Å². The number of oxazole rings is 1. The van der Waals surface area contributed by atoms with Crippen LogP contribution >= 0.6 is 0 Å². The second-order valence-electron chi connectivity index (χ2n) is 8.43. The summed E-state index contributed by atoms with van der Waals surface area (Å²) in [5.74, 6) is 0.429. The number of amides is 1. The van der Waals surface area contributed by atoms with Gasteiger partial charge in [0.2, 0.25) is 11.8 Å². The van der Waals surface area contributed by atoms with Crippen LogP contribution in [0.25, 0.3) is 11.5 Å². The number of ether oxygens (including phenoxy) is 1. The van der Waals surface area contributed by atoms with E-state index in [1.54, 1.807) is 17.2 Å². The predicted octanol–water partition coefficient (Wildman–Crippen LogP) is 4.53. The Morgan fingerprint density at radius 2 is 2.00 bits per heavy atom. The molecule has 2 aliphatic heterocycles. The van der Waals surface area contributed by atoms with E-state index in [1.807, 2.05) is 6.92 Å². The lowest BCUT2D eigenvalue weighted by Gasteiger charge is -2.49. The number of alkyl halides is 3. The van der Waals surface area contributed by atoms with Crippen molar-refractivity contribution in [3.63, 3.8) is 0 Å². The van der Waals surface area contributed by atoms with E-state index in [2.05, 4.69) is 15.0 Å². The number of aromatic nitrogens is 3. The Morgan fingerprint density at radius 3 is 2.67 bits per heavy atom. The second-order valence-corrected chi connectivity index (χ2v) is 8.43. The Morgan fingerprint density at radius 1 is 1.15 bits per heavy atom. The van der Waals surface area contributed by atoms with Gasteiger partial charge in [-0.1, -0.05) is 0 Å². The first kappa shape index (κ1) is 21.4. The van der Waals surface area contributed by atoms with Crippen molar-refractivity contribution < 1.29 is 27.1 Å². The molecule has 1 saturated carbocycles. The SMILES string of the molecule is Cc1ccnc(C(=O)N2C[C@H]3CC[C@H]2[C@H](Oc2ccc(C(F)(F)F)cn2)C3)c1-c1ncco1. The molecule has 33 heavy (non-hydrogen) atoms. The van der Waals surface area contributed by atoms with Crippen LogP contribution in [0.5, 0.6) is 5.88 Å². The minimum atomic E-state index is -4.46. The summed E-state index contributed by atoms with van der Waals surface area (Å²) in [4.78, 5) is 27.7. The molecule has 172 valence electrons.